The fourth-order valence-corrected chi connectivity index (χ4v) is 0.697. The maximum Gasteiger partial charge on any atom is 0.0213 e. The van der Waals surface area contributed by atoms with Gasteiger partial charge in [0.15, 0.2) is 0 Å². The van der Waals surface area contributed by atoms with Crippen LogP contribution in [0.5, 0.6) is 0 Å². The highest BCUT2D eigenvalue weighted by Gasteiger charge is 2.12. The molecule has 3 N–H and O–H groups in total. The van der Waals surface area contributed by atoms with E-state index in [4.69, 9.17) is 5.73 Å². The van der Waals surface area contributed by atoms with Crippen LogP contribution in [0.3, 0.4) is 0 Å². The molecule has 0 aromatic carbocycles. The molecule has 0 spiro atoms. The number of nitrogens with one attached hydrogen (secondary N) is 1. The average Bonchev–Trinajstić information content (AvgIpc) is 1.89. The molecule has 0 heterocycles. The number of hydrogen-bond acceptors (Lipinski definition) is 3. The molecule has 0 aliphatic heterocycles. The van der Waals surface area contributed by atoms with Gasteiger partial charge in [0.1, 0.15) is 0 Å². The summed E-state index contributed by atoms with van der Waals surface area (Å²) in [5, 5.41) is 3.35. The molecule has 12 heavy (non-hydrogen) atoms. The minimum Gasteiger partial charge on any atom is -0.330 e. The van der Waals surface area contributed by atoms with Crippen molar-refractivity contribution in [2.45, 2.75) is 25.8 Å². The van der Waals surface area contributed by atoms with Crippen molar-refractivity contribution in [2.24, 2.45) is 5.73 Å². The van der Waals surface area contributed by atoms with Crippen LogP contribution < -0.4 is 11.1 Å². The summed E-state index contributed by atoms with van der Waals surface area (Å²) in [5.41, 5.74) is 5.49. The van der Waals surface area contributed by atoms with Gasteiger partial charge in [-0.25, -0.2) is 0 Å². The lowest BCUT2D eigenvalue weighted by atomic mass is 10.1. The van der Waals surface area contributed by atoms with Crippen molar-refractivity contribution in [1.82, 2.24) is 5.32 Å². The third-order valence-electron chi connectivity index (χ3n) is 1.38. The first-order valence-electron chi connectivity index (χ1n) is 3.68. The summed E-state index contributed by atoms with van der Waals surface area (Å²) < 4.78 is 0. The largest absolute Gasteiger partial charge is 0.330 e. The van der Waals surface area contributed by atoms with E-state index in [-0.39, 0.29) is 30.4 Å². The molecule has 0 saturated heterocycles. The first kappa shape index (κ1) is 18.6. The van der Waals surface area contributed by atoms with Crippen LogP contribution >= 0.6 is 37.4 Å². The molecule has 0 rings (SSSR count). The predicted octanol–water partition coefficient (Wildman–Crippen LogP) is 1.48. The Morgan fingerprint density at radius 1 is 1.33 bits per heavy atom. The van der Waals surface area contributed by atoms with E-state index in [1.165, 1.54) is 0 Å². The minimum atomic E-state index is 0. The van der Waals surface area contributed by atoms with Crippen molar-refractivity contribution in [3.8, 4) is 0 Å². The summed E-state index contributed by atoms with van der Waals surface area (Å²) in [4.78, 5) is 0. The van der Waals surface area contributed by atoms with Crippen molar-refractivity contribution in [3.05, 3.63) is 0 Å². The summed E-state index contributed by atoms with van der Waals surface area (Å²) in [6, 6.07) is 0. The molecule has 5 heteroatoms. The van der Waals surface area contributed by atoms with Gasteiger partial charge in [-0.1, -0.05) is 0 Å². The Morgan fingerprint density at radius 3 is 2.17 bits per heavy atom. The molecule has 0 bridgehead atoms. The molecule has 78 valence electrons. The first-order valence-corrected chi connectivity index (χ1v) is 4.31. The van der Waals surface area contributed by atoms with Crippen LogP contribution in [0.4, 0.5) is 0 Å². The van der Waals surface area contributed by atoms with E-state index in [9.17, 15) is 0 Å². The summed E-state index contributed by atoms with van der Waals surface area (Å²) in [6.07, 6.45) is 1.04. The molecule has 2 nitrogen and oxygen atoms in total. The monoisotopic (exact) mass is 234 g/mol. The van der Waals surface area contributed by atoms with Crippen molar-refractivity contribution < 1.29 is 0 Å². The highest BCUT2D eigenvalue weighted by molar-refractivity contribution is 7.80. The van der Waals surface area contributed by atoms with Crippen LogP contribution in [0.25, 0.3) is 0 Å². The maximum atomic E-state index is 5.34. The van der Waals surface area contributed by atoms with Crippen molar-refractivity contribution in [1.29, 1.82) is 0 Å². The lowest BCUT2D eigenvalue weighted by Crippen LogP contribution is -2.41. The number of halogens is 2. The van der Waals surface area contributed by atoms with E-state index in [0.29, 0.717) is 0 Å². The zero-order valence-electron chi connectivity index (χ0n) is 7.67. The Balaban J connectivity index is -0.000000405. The molecule has 0 aliphatic rings. The molecule has 0 aliphatic carbocycles. The standard InChI is InChI=1S/C7H18N2S.2ClH/c1-7(2,6-10)9-5-3-4-8;;/h9-10H,3-6,8H2,1-2H3;2*1H. The third kappa shape index (κ3) is 10.8. The Labute approximate surface area is 93.3 Å². The van der Waals surface area contributed by atoms with Crippen LogP contribution in [-0.4, -0.2) is 24.4 Å². The molecular formula is C7H20Cl2N2S. The van der Waals surface area contributed by atoms with Crippen molar-refractivity contribution in [2.75, 3.05) is 18.8 Å². The second-order valence-corrected chi connectivity index (χ2v) is 3.43. The van der Waals surface area contributed by atoms with Gasteiger partial charge >= 0.3 is 0 Å². The molecule has 0 amide bonds. The van der Waals surface area contributed by atoms with E-state index in [2.05, 4.69) is 31.8 Å². The Morgan fingerprint density at radius 2 is 1.83 bits per heavy atom. The van der Waals surface area contributed by atoms with Crippen molar-refractivity contribution >= 4 is 37.4 Å². The summed E-state index contributed by atoms with van der Waals surface area (Å²) in [6.45, 7) is 6.02. The average molecular weight is 235 g/mol. The maximum absolute atomic E-state index is 5.34. The number of thiol groups is 1. The first-order chi connectivity index (χ1) is 4.62. The van der Waals surface area contributed by atoms with E-state index >= 15 is 0 Å². The fourth-order valence-electron chi connectivity index (χ4n) is 0.585. The second-order valence-electron chi connectivity index (χ2n) is 3.11. The Kier molecular flexibility index (Phi) is 15.4. The van der Waals surface area contributed by atoms with Gasteiger partial charge < -0.3 is 11.1 Å². The molecule has 0 aromatic rings. The van der Waals surface area contributed by atoms with Gasteiger partial charge in [0.25, 0.3) is 0 Å². The van der Waals surface area contributed by atoms with Crippen LogP contribution in [0.15, 0.2) is 0 Å². The molecule has 0 fully saturated rings. The molecule has 0 radical (unpaired) electrons. The van der Waals surface area contributed by atoms with Crippen molar-refractivity contribution in [3.63, 3.8) is 0 Å². The second kappa shape index (κ2) is 9.93. The van der Waals surface area contributed by atoms with E-state index in [0.717, 1.165) is 25.3 Å². The van der Waals surface area contributed by atoms with E-state index in [1.54, 1.807) is 0 Å². The van der Waals surface area contributed by atoms with Gasteiger partial charge in [0.2, 0.25) is 0 Å². The SMILES string of the molecule is CC(C)(CS)NCCCN.Cl.Cl. The summed E-state index contributed by atoms with van der Waals surface area (Å²) in [7, 11) is 0. The number of rotatable bonds is 5. The molecule has 0 aromatic heterocycles. The van der Waals surface area contributed by atoms with Crippen LogP contribution in [0, 0.1) is 0 Å². The quantitative estimate of drug-likeness (QED) is 0.499. The van der Waals surface area contributed by atoms with Gasteiger partial charge in [-0.3, -0.25) is 0 Å². The van der Waals surface area contributed by atoms with Crippen LogP contribution in [0.1, 0.15) is 20.3 Å². The van der Waals surface area contributed by atoms with Gasteiger partial charge in [-0.15, -0.1) is 24.8 Å². The normalized spacial score (nSPS) is 10.0. The van der Waals surface area contributed by atoms with Gasteiger partial charge in [-0.2, -0.15) is 12.6 Å². The summed E-state index contributed by atoms with van der Waals surface area (Å²) in [5.74, 6) is 0.859. The van der Waals surface area contributed by atoms with Crippen LogP contribution in [-0.2, 0) is 0 Å². The van der Waals surface area contributed by atoms with Gasteiger partial charge in [0.05, 0.1) is 0 Å². The lowest BCUT2D eigenvalue weighted by molar-refractivity contribution is 0.432. The molecule has 0 atom stereocenters. The third-order valence-corrected chi connectivity index (χ3v) is 2.17. The minimum absolute atomic E-state index is 0. The number of hydrogen-bond donors (Lipinski definition) is 3. The molecule has 0 unspecified atom stereocenters. The number of nitrogens with two attached hydrogens (primary N) is 1. The predicted molar refractivity (Wildman–Crippen MR) is 64.1 cm³/mol. The van der Waals surface area contributed by atoms with E-state index in [1.807, 2.05) is 0 Å². The van der Waals surface area contributed by atoms with Crippen LogP contribution in [0.2, 0.25) is 0 Å². The highest BCUT2D eigenvalue weighted by Crippen LogP contribution is 2.02. The summed E-state index contributed by atoms with van der Waals surface area (Å²) >= 11 is 4.21. The highest BCUT2D eigenvalue weighted by atomic mass is 35.5. The zero-order chi connectivity index (χ0) is 8.04. The fraction of sp³-hybridized carbons (Fsp3) is 1.00. The Bertz CT molecular complexity index is 91.5. The molecular weight excluding hydrogens is 215 g/mol. The van der Waals surface area contributed by atoms with E-state index < -0.39 is 0 Å². The lowest BCUT2D eigenvalue weighted by Gasteiger charge is -2.23. The topological polar surface area (TPSA) is 38.0 Å². The smallest absolute Gasteiger partial charge is 0.0213 e. The Hall–Kier alpha value is 0.850. The molecule has 0 saturated carbocycles. The van der Waals surface area contributed by atoms with Gasteiger partial charge in [-0.05, 0) is 33.4 Å². The van der Waals surface area contributed by atoms with Gasteiger partial charge in [0, 0.05) is 11.3 Å². The zero-order valence-corrected chi connectivity index (χ0v) is 10.2.